The summed E-state index contributed by atoms with van der Waals surface area (Å²) >= 11 is 0. The van der Waals surface area contributed by atoms with E-state index in [0.29, 0.717) is 25.4 Å². The molecular formula is C9H15F3N2O4S. The Balaban J connectivity index is 0.000000224. The molecule has 19 heavy (non-hydrogen) atoms. The number of rotatable bonds is 2. The molecule has 3 N–H and O–H groups in total. The van der Waals surface area contributed by atoms with E-state index in [1.807, 2.05) is 0 Å². The van der Waals surface area contributed by atoms with Crippen LogP contribution in [0.3, 0.4) is 0 Å². The predicted octanol–water partition coefficient (Wildman–Crippen LogP) is -0.549. The molecule has 2 heterocycles. The molecule has 2 aliphatic rings. The lowest BCUT2D eigenvalue weighted by Crippen LogP contribution is -2.72. The number of aliphatic carboxylic acids is 1. The summed E-state index contributed by atoms with van der Waals surface area (Å²) < 4.78 is 54.0. The molecular weight excluding hydrogens is 289 g/mol. The number of hydrogen-bond donors (Lipinski definition) is 2. The summed E-state index contributed by atoms with van der Waals surface area (Å²) in [4.78, 5) is 11.0. The van der Waals surface area contributed by atoms with Crippen LogP contribution in [0.2, 0.25) is 0 Å². The van der Waals surface area contributed by atoms with Gasteiger partial charge in [-0.2, -0.15) is 13.2 Å². The first-order chi connectivity index (χ1) is 8.54. The van der Waals surface area contributed by atoms with Crippen molar-refractivity contribution in [1.82, 2.24) is 4.90 Å². The number of carboxylic acid groups (broad SMARTS) is 1. The second-order valence-electron chi connectivity index (χ2n) is 4.55. The van der Waals surface area contributed by atoms with Crippen molar-refractivity contribution >= 4 is 15.8 Å². The Bertz CT molecular complexity index is 443. The van der Waals surface area contributed by atoms with E-state index in [1.165, 1.54) is 0 Å². The Labute approximate surface area is 108 Å². The van der Waals surface area contributed by atoms with Crippen LogP contribution in [0.25, 0.3) is 0 Å². The second kappa shape index (κ2) is 5.25. The van der Waals surface area contributed by atoms with Crippen LogP contribution < -0.4 is 5.73 Å². The molecule has 0 unspecified atom stereocenters. The van der Waals surface area contributed by atoms with Gasteiger partial charge in [0.25, 0.3) is 0 Å². The van der Waals surface area contributed by atoms with Gasteiger partial charge in [0.15, 0.2) is 9.84 Å². The first kappa shape index (κ1) is 16.2. The monoisotopic (exact) mass is 304 g/mol. The molecule has 0 bridgehead atoms. The molecule has 10 heteroatoms. The smallest absolute Gasteiger partial charge is 0.475 e. The van der Waals surface area contributed by atoms with Gasteiger partial charge < -0.3 is 10.8 Å². The van der Waals surface area contributed by atoms with Crippen LogP contribution >= 0.6 is 0 Å². The first-order valence-corrected chi connectivity index (χ1v) is 7.14. The van der Waals surface area contributed by atoms with Gasteiger partial charge in [-0.05, 0) is 6.42 Å². The average molecular weight is 304 g/mol. The van der Waals surface area contributed by atoms with Crippen molar-refractivity contribution < 1.29 is 31.5 Å². The van der Waals surface area contributed by atoms with Crippen LogP contribution in [0.15, 0.2) is 0 Å². The Kier molecular flexibility index (Phi) is 4.47. The number of nitrogens with two attached hydrogens (primary N) is 1. The summed E-state index contributed by atoms with van der Waals surface area (Å²) in [5, 5.41) is 7.12. The quantitative estimate of drug-likeness (QED) is 0.710. The maximum Gasteiger partial charge on any atom is 0.490 e. The molecule has 0 aromatic heterocycles. The number of carboxylic acids is 1. The molecule has 6 nitrogen and oxygen atoms in total. The fourth-order valence-electron chi connectivity index (χ4n) is 2.02. The van der Waals surface area contributed by atoms with Crippen molar-refractivity contribution in [2.45, 2.75) is 17.3 Å². The van der Waals surface area contributed by atoms with Crippen molar-refractivity contribution in [2.75, 3.05) is 31.9 Å². The molecule has 0 aromatic carbocycles. The van der Waals surface area contributed by atoms with Gasteiger partial charge in [0, 0.05) is 26.2 Å². The van der Waals surface area contributed by atoms with Gasteiger partial charge in [0.1, 0.15) is 0 Å². The lowest BCUT2D eigenvalue weighted by atomic mass is 9.95. The van der Waals surface area contributed by atoms with Gasteiger partial charge in [-0.3, -0.25) is 4.90 Å². The summed E-state index contributed by atoms with van der Waals surface area (Å²) in [5.41, 5.74) is 5.36. The summed E-state index contributed by atoms with van der Waals surface area (Å²) in [7, 11) is -2.72. The predicted molar refractivity (Wildman–Crippen MR) is 60.3 cm³/mol. The van der Waals surface area contributed by atoms with Gasteiger partial charge in [-0.1, -0.05) is 0 Å². The number of hydrogen-bond acceptors (Lipinski definition) is 5. The fraction of sp³-hybridized carbons (Fsp3) is 0.889. The first-order valence-electron chi connectivity index (χ1n) is 5.49. The topological polar surface area (TPSA) is 101 Å². The molecule has 1 spiro atoms. The van der Waals surface area contributed by atoms with E-state index in [4.69, 9.17) is 15.6 Å². The molecule has 0 aromatic rings. The van der Waals surface area contributed by atoms with Crippen molar-refractivity contribution in [3.63, 3.8) is 0 Å². The minimum Gasteiger partial charge on any atom is -0.475 e. The van der Waals surface area contributed by atoms with E-state index in [1.54, 1.807) is 0 Å². The summed E-state index contributed by atoms with van der Waals surface area (Å²) in [6, 6.07) is 0. The van der Waals surface area contributed by atoms with E-state index < -0.39 is 22.0 Å². The van der Waals surface area contributed by atoms with Crippen molar-refractivity contribution in [3.8, 4) is 0 Å². The van der Waals surface area contributed by atoms with Crippen LogP contribution in [-0.4, -0.2) is 67.2 Å². The Morgan fingerprint density at radius 1 is 1.37 bits per heavy atom. The molecule has 2 rings (SSSR count). The van der Waals surface area contributed by atoms with Crippen molar-refractivity contribution in [1.29, 1.82) is 0 Å². The molecule has 2 aliphatic heterocycles. The van der Waals surface area contributed by atoms with Gasteiger partial charge >= 0.3 is 12.1 Å². The minimum absolute atomic E-state index is 0.345. The number of alkyl halides is 3. The Morgan fingerprint density at radius 3 is 2.05 bits per heavy atom. The zero-order valence-electron chi connectivity index (χ0n) is 9.98. The Morgan fingerprint density at radius 2 is 1.84 bits per heavy atom. The highest BCUT2D eigenvalue weighted by atomic mass is 32.2. The Hall–Kier alpha value is -0.870. The SMILES string of the molecule is NCCN1CC2(CCS2(=O)=O)C1.O=C(O)C(F)(F)F. The molecule has 112 valence electrons. The van der Waals surface area contributed by atoms with E-state index in [9.17, 15) is 21.6 Å². The highest BCUT2D eigenvalue weighted by Crippen LogP contribution is 2.41. The van der Waals surface area contributed by atoms with Crippen LogP contribution in [0.5, 0.6) is 0 Å². The maximum absolute atomic E-state index is 11.3. The molecule has 0 radical (unpaired) electrons. The zero-order valence-corrected chi connectivity index (χ0v) is 10.8. The van der Waals surface area contributed by atoms with Crippen LogP contribution in [0.4, 0.5) is 13.2 Å². The van der Waals surface area contributed by atoms with Gasteiger partial charge in [0.2, 0.25) is 0 Å². The standard InChI is InChI=1S/C7H14N2O2S.C2HF3O2/c8-2-3-9-5-7(6-9)1-4-12(7,10)11;3-2(4,5)1(6)7/h1-6,8H2;(H,6,7). The highest BCUT2D eigenvalue weighted by Gasteiger charge is 2.58. The third-order valence-electron chi connectivity index (χ3n) is 3.20. The number of likely N-dealkylation sites (tertiary alicyclic amines) is 1. The largest absolute Gasteiger partial charge is 0.490 e. The zero-order chi connectivity index (χ0) is 14.9. The molecule has 0 atom stereocenters. The normalized spacial score (nSPS) is 23.8. The fourth-order valence-corrected chi connectivity index (χ4v) is 3.89. The highest BCUT2D eigenvalue weighted by molar-refractivity contribution is 7.94. The number of nitrogens with zero attached hydrogens (tertiary/aromatic N) is 1. The van der Waals surface area contributed by atoms with E-state index in [-0.39, 0.29) is 4.75 Å². The third-order valence-corrected chi connectivity index (χ3v) is 5.72. The lowest BCUT2D eigenvalue weighted by Gasteiger charge is -2.54. The number of carbonyl (C=O) groups is 1. The minimum atomic E-state index is -5.08. The number of sulfone groups is 1. The van der Waals surface area contributed by atoms with E-state index in [2.05, 4.69) is 4.90 Å². The molecule has 2 fully saturated rings. The van der Waals surface area contributed by atoms with Crippen molar-refractivity contribution in [3.05, 3.63) is 0 Å². The van der Waals surface area contributed by atoms with Gasteiger partial charge in [0.05, 0.1) is 10.5 Å². The van der Waals surface area contributed by atoms with Gasteiger partial charge in [-0.15, -0.1) is 0 Å². The summed E-state index contributed by atoms with van der Waals surface area (Å²) in [6.07, 6.45) is -4.23. The van der Waals surface area contributed by atoms with E-state index >= 15 is 0 Å². The summed E-state index contributed by atoms with van der Waals surface area (Å²) in [6.45, 7) is 2.88. The summed E-state index contributed by atoms with van der Waals surface area (Å²) in [5.74, 6) is -2.36. The van der Waals surface area contributed by atoms with Crippen LogP contribution in [-0.2, 0) is 14.6 Å². The number of halogens is 3. The van der Waals surface area contributed by atoms with Crippen LogP contribution in [0, 0.1) is 0 Å². The molecule has 0 saturated carbocycles. The van der Waals surface area contributed by atoms with Crippen LogP contribution in [0.1, 0.15) is 6.42 Å². The second-order valence-corrected chi connectivity index (χ2v) is 7.06. The van der Waals surface area contributed by atoms with Crippen molar-refractivity contribution in [2.24, 2.45) is 5.73 Å². The maximum atomic E-state index is 11.3. The average Bonchev–Trinajstić information content (AvgIpc) is 2.20. The molecule has 0 aliphatic carbocycles. The van der Waals surface area contributed by atoms with Gasteiger partial charge in [-0.25, -0.2) is 13.2 Å². The lowest BCUT2D eigenvalue weighted by molar-refractivity contribution is -0.192. The van der Waals surface area contributed by atoms with E-state index in [0.717, 1.165) is 13.0 Å². The molecule has 0 amide bonds. The molecule has 2 saturated heterocycles. The third kappa shape index (κ3) is 3.37.